The number of ether oxygens (including phenoxy) is 2. The van der Waals surface area contributed by atoms with Crippen LogP contribution in [0.5, 0.6) is 0 Å². The lowest BCUT2D eigenvalue weighted by atomic mass is 10.1. The lowest BCUT2D eigenvalue weighted by molar-refractivity contribution is -0.143. The number of esters is 1. The monoisotopic (exact) mass is 499 g/mol. The fourth-order valence-electron chi connectivity index (χ4n) is 4.12. The predicted octanol–water partition coefficient (Wildman–Crippen LogP) is 4.37. The summed E-state index contributed by atoms with van der Waals surface area (Å²) in [4.78, 5) is 37.7. The summed E-state index contributed by atoms with van der Waals surface area (Å²) in [6, 6.07) is 7.55. The van der Waals surface area contributed by atoms with Crippen LogP contribution in [0.2, 0.25) is 5.02 Å². The molecule has 3 aromatic rings. The van der Waals surface area contributed by atoms with E-state index < -0.39 is 5.60 Å². The maximum Gasteiger partial charge on any atom is 0.410 e. The van der Waals surface area contributed by atoms with Crippen LogP contribution < -0.4 is 4.90 Å². The fourth-order valence-corrected chi connectivity index (χ4v) is 4.36. The second-order valence-corrected chi connectivity index (χ2v) is 9.71. The van der Waals surface area contributed by atoms with E-state index in [2.05, 4.69) is 14.9 Å². The molecule has 2 aromatic heterocycles. The second kappa shape index (κ2) is 10.1. The molecule has 0 radical (unpaired) electrons. The van der Waals surface area contributed by atoms with Crippen molar-refractivity contribution in [1.82, 2.24) is 19.4 Å². The number of rotatable bonds is 5. The van der Waals surface area contributed by atoms with Crippen LogP contribution in [0.1, 0.15) is 27.7 Å². The Labute approximate surface area is 209 Å². The van der Waals surface area contributed by atoms with Crippen LogP contribution in [-0.2, 0) is 20.8 Å². The lowest BCUT2D eigenvalue weighted by Gasteiger charge is -2.36. The van der Waals surface area contributed by atoms with E-state index in [0.717, 1.165) is 22.3 Å². The minimum absolute atomic E-state index is 0.0255. The van der Waals surface area contributed by atoms with Crippen molar-refractivity contribution in [3.63, 3.8) is 0 Å². The Morgan fingerprint density at radius 3 is 2.43 bits per heavy atom. The smallest absolute Gasteiger partial charge is 0.410 e. The van der Waals surface area contributed by atoms with Crippen LogP contribution in [0.15, 0.2) is 36.8 Å². The van der Waals surface area contributed by atoms with E-state index >= 15 is 0 Å². The SMILES string of the molecule is CCOC(=O)Cn1cc(-c2ccccc2Cl)c2c(N3CCN(C(=O)OC(C)(C)C)CC3)ncnc21. The van der Waals surface area contributed by atoms with Crippen molar-refractivity contribution >= 4 is 40.5 Å². The van der Waals surface area contributed by atoms with Crippen LogP contribution in [0.4, 0.5) is 10.6 Å². The zero-order chi connectivity index (χ0) is 25.2. The molecule has 0 aliphatic carbocycles. The first kappa shape index (κ1) is 24.8. The lowest BCUT2D eigenvalue weighted by Crippen LogP contribution is -2.50. The molecule has 1 aromatic carbocycles. The van der Waals surface area contributed by atoms with Gasteiger partial charge in [-0.3, -0.25) is 4.79 Å². The van der Waals surface area contributed by atoms with Crippen LogP contribution >= 0.6 is 11.6 Å². The van der Waals surface area contributed by atoms with Crippen molar-refractivity contribution in [3.05, 3.63) is 41.8 Å². The Morgan fingerprint density at radius 2 is 1.77 bits per heavy atom. The normalized spacial score (nSPS) is 14.3. The van der Waals surface area contributed by atoms with Gasteiger partial charge in [0.1, 0.15) is 29.9 Å². The standard InChI is InChI=1S/C25H30ClN5O4/c1-5-34-20(32)15-31-14-18(17-8-6-7-9-19(17)26)21-22(27-16-28-23(21)31)29-10-12-30(13-11-29)24(33)35-25(2,3)4/h6-9,14,16H,5,10-13,15H2,1-4H3. The number of fused-ring (bicyclic) bond motifs is 1. The van der Waals surface area contributed by atoms with Crippen LogP contribution in [-0.4, -0.2) is 69.9 Å². The molecule has 1 amide bonds. The Bertz CT molecular complexity index is 1230. The third kappa shape index (κ3) is 5.51. The van der Waals surface area contributed by atoms with E-state index in [1.54, 1.807) is 16.4 Å². The molecule has 0 unspecified atom stereocenters. The van der Waals surface area contributed by atoms with Gasteiger partial charge in [-0.05, 0) is 33.8 Å². The van der Waals surface area contributed by atoms with Gasteiger partial charge in [-0.15, -0.1) is 0 Å². The average Bonchev–Trinajstić information content (AvgIpc) is 3.17. The highest BCUT2D eigenvalue weighted by Gasteiger charge is 2.28. The summed E-state index contributed by atoms with van der Waals surface area (Å²) in [7, 11) is 0. The molecule has 1 fully saturated rings. The molecule has 35 heavy (non-hydrogen) atoms. The minimum Gasteiger partial charge on any atom is -0.465 e. The maximum absolute atomic E-state index is 12.5. The zero-order valence-electron chi connectivity index (χ0n) is 20.5. The Kier molecular flexibility index (Phi) is 7.16. The molecule has 1 aliphatic heterocycles. The third-order valence-corrected chi connectivity index (χ3v) is 5.96. The number of halogens is 1. The molecule has 0 N–H and O–H groups in total. The highest BCUT2D eigenvalue weighted by Crippen LogP contribution is 2.38. The summed E-state index contributed by atoms with van der Waals surface area (Å²) in [5.74, 6) is 0.387. The van der Waals surface area contributed by atoms with Gasteiger partial charge in [0.2, 0.25) is 0 Å². The summed E-state index contributed by atoms with van der Waals surface area (Å²) in [5, 5.41) is 1.39. The van der Waals surface area contributed by atoms with Gasteiger partial charge in [-0.25, -0.2) is 14.8 Å². The number of aromatic nitrogens is 3. The van der Waals surface area contributed by atoms with E-state index in [1.165, 1.54) is 6.33 Å². The van der Waals surface area contributed by atoms with E-state index in [0.29, 0.717) is 43.5 Å². The first-order valence-electron chi connectivity index (χ1n) is 11.6. The van der Waals surface area contributed by atoms with Gasteiger partial charge in [0, 0.05) is 48.5 Å². The van der Waals surface area contributed by atoms with Crippen LogP contribution in [0, 0.1) is 0 Å². The summed E-state index contributed by atoms with van der Waals surface area (Å²) in [6.45, 7) is 9.85. The molecule has 1 aliphatic rings. The molecule has 3 heterocycles. The number of amides is 1. The Hall–Kier alpha value is -3.33. The number of benzene rings is 1. The first-order valence-corrected chi connectivity index (χ1v) is 12.0. The molecule has 1 saturated heterocycles. The number of nitrogens with zero attached hydrogens (tertiary/aromatic N) is 5. The summed E-state index contributed by atoms with van der Waals surface area (Å²) in [6.07, 6.45) is 3.05. The highest BCUT2D eigenvalue weighted by molar-refractivity contribution is 6.33. The van der Waals surface area contributed by atoms with Gasteiger partial charge in [0.05, 0.1) is 12.0 Å². The Morgan fingerprint density at radius 1 is 1.06 bits per heavy atom. The fraction of sp³-hybridized carbons (Fsp3) is 0.440. The number of carbonyl (C=O) groups is 2. The van der Waals surface area contributed by atoms with Gasteiger partial charge in [-0.2, -0.15) is 0 Å². The zero-order valence-corrected chi connectivity index (χ0v) is 21.2. The molecule has 0 saturated carbocycles. The molecule has 186 valence electrons. The molecule has 0 bridgehead atoms. The Balaban J connectivity index is 1.70. The molecule has 9 nitrogen and oxygen atoms in total. The summed E-state index contributed by atoms with van der Waals surface area (Å²) >= 11 is 6.56. The second-order valence-electron chi connectivity index (χ2n) is 9.31. The highest BCUT2D eigenvalue weighted by atomic mass is 35.5. The maximum atomic E-state index is 12.5. The molecule has 4 rings (SSSR count). The topological polar surface area (TPSA) is 89.8 Å². The third-order valence-electron chi connectivity index (χ3n) is 5.63. The van der Waals surface area contributed by atoms with E-state index in [9.17, 15) is 9.59 Å². The molecular weight excluding hydrogens is 470 g/mol. The van der Waals surface area contributed by atoms with Crippen molar-refractivity contribution < 1.29 is 19.1 Å². The van der Waals surface area contributed by atoms with Crippen LogP contribution in [0.3, 0.4) is 0 Å². The molecule has 10 heteroatoms. The van der Waals surface area contributed by atoms with E-state index in [-0.39, 0.29) is 18.6 Å². The van der Waals surface area contributed by atoms with Gasteiger partial charge in [0.15, 0.2) is 0 Å². The van der Waals surface area contributed by atoms with E-state index in [1.807, 2.05) is 51.2 Å². The molecular formula is C25H30ClN5O4. The number of hydrogen-bond acceptors (Lipinski definition) is 7. The van der Waals surface area contributed by atoms with Crippen molar-refractivity contribution in [1.29, 1.82) is 0 Å². The number of piperazine rings is 1. The summed E-state index contributed by atoms with van der Waals surface area (Å²) in [5.41, 5.74) is 1.73. The van der Waals surface area contributed by atoms with Gasteiger partial charge >= 0.3 is 12.1 Å². The quantitative estimate of drug-likeness (QED) is 0.481. The minimum atomic E-state index is -0.543. The predicted molar refractivity (Wildman–Crippen MR) is 135 cm³/mol. The van der Waals surface area contributed by atoms with Gasteiger partial charge in [-0.1, -0.05) is 29.8 Å². The number of carbonyl (C=O) groups excluding carboxylic acids is 2. The van der Waals surface area contributed by atoms with Crippen molar-refractivity contribution in [2.45, 2.75) is 39.8 Å². The van der Waals surface area contributed by atoms with Gasteiger partial charge < -0.3 is 23.8 Å². The van der Waals surface area contributed by atoms with Gasteiger partial charge in [0.25, 0.3) is 0 Å². The number of hydrogen-bond donors (Lipinski definition) is 0. The van der Waals surface area contributed by atoms with Crippen molar-refractivity contribution in [3.8, 4) is 11.1 Å². The first-order chi connectivity index (χ1) is 16.7. The van der Waals surface area contributed by atoms with Crippen molar-refractivity contribution in [2.75, 3.05) is 37.7 Å². The summed E-state index contributed by atoms with van der Waals surface area (Å²) < 4.78 is 12.5. The largest absolute Gasteiger partial charge is 0.465 e. The molecule has 0 atom stereocenters. The van der Waals surface area contributed by atoms with Crippen molar-refractivity contribution in [2.24, 2.45) is 0 Å². The average molecular weight is 500 g/mol. The number of anilines is 1. The van der Waals surface area contributed by atoms with E-state index in [4.69, 9.17) is 21.1 Å². The van der Waals surface area contributed by atoms with Crippen LogP contribution in [0.25, 0.3) is 22.2 Å². The molecule has 0 spiro atoms.